The number of ketones is 1. The molecule has 0 saturated heterocycles. The van der Waals surface area contributed by atoms with Gasteiger partial charge in [0, 0.05) is 11.6 Å². The van der Waals surface area contributed by atoms with Gasteiger partial charge < -0.3 is 9.84 Å². The predicted molar refractivity (Wildman–Crippen MR) is 68.8 cm³/mol. The third kappa shape index (κ3) is 2.40. The van der Waals surface area contributed by atoms with Crippen LogP contribution in [0, 0.1) is 0 Å². The number of benzene rings is 2. The van der Waals surface area contributed by atoms with Crippen molar-refractivity contribution in [2.24, 2.45) is 0 Å². The van der Waals surface area contributed by atoms with Crippen LogP contribution in [0.15, 0.2) is 61.4 Å². The van der Waals surface area contributed by atoms with Crippen LogP contribution >= 0.6 is 0 Å². The Labute approximate surface area is 105 Å². The molecule has 1 N–H and O–H groups in total. The molecule has 2 rings (SSSR count). The highest BCUT2D eigenvalue weighted by atomic mass is 16.5. The van der Waals surface area contributed by atoms with Crippen molar-refractivity contribution >= 4 is 5.78 Å². The fourth-order valence-electron chi connectivity index (χ4n) is 1.62. The third-order valence-electron chi connectivity index (χ3n) is 2.47. The quantitative estimate of drug-likeness (QED) is 0.659. The lowest BCUT2D eigenvalue weighted by molar-refractivity contribution is 0.103. The molecule has 0 spiro atoms. The number of phenols is 1. The summed E-state index contributed by atoms with van der Waals surface area (Å²) in [4.78, 5) is 12.1. The number of ether oxygens (including phenoxy) is 1. The molecule has 0 aliphatic heterocycles. The molecule has 3 heteroatoms. The Morgan fingerprint density at radius 1 is 1.17 bits per heavy atom. The Kier molecular flexibility index (Phi) is 3.44. The lowest BCUT2D eigenvalue weighted by Crippen LogP contribution is -2.01. The van der Waals surface area contributed by atoms with E-state index in [2.05, 4.69) is 6.58 Å². The predicted octanol–water partition coefficient (Wildman–Crippen LogP) is 3.15. The number of carbonyl (C=O) groups is 1. The van der Waals surface area contributed by atoms with E-state index in [0.29, 0.717) is 11.3 Å². The maximum absolute atomic E-state index is 12.1. The molecule has 0 saturated carbocycles. The lowest BCUT2D eigenvalue weighted by Gasteiger charge is -2.06. The summed E-state index contributed by atoms with van der Waals surface area (Å²) in [6.45, 7) is 3.42. The van der Waals surface area contributed by atoms with Gasteiger partial charge in [0.15, 0.2) is 5.78 Å². The molecule has 0 bridgehead atoms. The van der Waals surface area contributed by atoms with E-state index in [9.17, 15) is 9.90 Å². The fraction of sp³-hybridized carbons (Fsp3) is 0. The zero-order chi connectivity index (χ0) is 13.0. The van der Waals surface area contributed by atoms with Crippen molar-refractivity contribution in [2.75, 3.05) is 0 Å². The van der Waals surface area contributed by atoms with Crippen molar-refractivity contribution in [1.82, 2.24) is 0 Å². The Balaban J connectivity index is 2.34. The maximum atomic E-state index is 12.1. The second-order valence-electron chi connectivity index (χ2n) is 3.66. The van der Waals surface area contributed by atoms with Gasteiger partial charge in [0.2, 0.25) is 0 Å². The average molecular weight is 240 g/mol. The van der Waals surface area contributed by atoms with Crippen LogP contribution in [0.25, 0.3) is 0 Å². The highest BCUT2D eigenvalue weighted by Gasteiger charge is 2.13. The fourth-order valence-corrected chi connectivity index (χ4v) is 1.62. The molecule has 0 atom stereocenters. The van der Waals surface area contributed by atoms with Crippen LogP contribution in [0.3, 0.4) is 0 Å². The van der Waals surface area contributed by atoms with Crippen molar-refractivity contribution in [3.05, 3.63) is 72.5 Å². The van der Waals surface area contributed by atoms with E-state index in [1.165, 1.54) is 18.4 Å². The number of carbonyl (C=O) groups excluding carboxylic acids is 1. The third-order valence-corrected chi connectivity index (χ3v) is 2.47. The van der Waals surface area contributed by atoms with Gasteiger partial charge in [-0.05, 0) is 12.1 Å². The normalized spacial score (nSPS) is 9.78. The molecule has 0 amide bonds. The molecule has 3 nitrogen and oxygen atoms in total. The van der Waals surface area contributed by atoms with Gasteiger partial charge in [-0.15, -0.1) is 0 Å². The van der Waals surface area contributed by atoms with Crippen LogP contribution in [0.2, 0.25) is 0 Å². The van der Waals surface area contributed by atoms with Crippen molar-refractivity contribution in [2.45, 2.75) is 0 Å². The lowest BCUT2D eigenvalue weighted by atomic mass is 10.0. The van der Waals surface area contributed by atoms with Gasteiger partial charge in [-0.3, -0.25) is 4.79 Å². The second kappa shape index (κ2) is 5.19. The number of hydrogen-bond acceptors (Lipinski definition) is 3. The average Bonchev–Trinajstić information content (AvgIpc) is 2.40. The summed E-state index contributed by atoms with van der Waals surface area (Å²) >= 11 is 0. The molecule has 2 aromatic rings. The minimum Gasteiger partial charge on any atom is -0.507 e. The summed E-state index contributed by atoms with van der Waals surface area (Å²) in [7, 11) is 0. The molecule has 0 radical (unpaired) electrons. The van der Waals surface area contributed by atoms with Crippen LogP contribution in [-0.4, -0.2) is 10.9 Å². The van der Waals surface area contributed by atoms with E-state index in [0.717, 1.165) is 0 Å². The highest BCUT2D eigenvalue weighted by Crippen LogP contribution is 2.25. The van der Waals surface area contributed by atoms with Crippen molar-refractivity contribution < 1.29 is 14.6 Å². The molecular formula is C15H12O3. The molecule has 90 valence electrons. The largest absolute Gasteiger partial charge is 0.507 e. The number of aromatic hydroxyl groups is 1. The van der Waals surface area contributed by atoms with E-state index < -0.39 is 0 Å². The summed E-state index contributed by atoms with van der Waals surface area (Å²) in [6, 6.07) is 13.3. The zero-order valence-electron chi connectivity index (χ0n) is 9.67. The summed E-state index contributed by atoms with van der Waals surface area (Å²) in [5, 5.41) is 9.81. The van der Waals surface area contributed by atoms with Gasteiger partial charge in [-0.25, -0.2) is 0 Å². The van der Waals surface area contributed by atoms with Crippen LogP contribution in [-0.2, 0) is 0 Å². The summed E-state index contributed by atoms with van der Waals surface area (Å²) in [5.41, 5.74) is 0.780. The first-order valence-electron chi connectivity index (χ1n) is 5.42. The van der Waals surface area contributed by atoms with Crippen LogP contribution < -0.4 is 4.74 Å². The van der Waals surface area contributed by atoms with E-state index in [4.69, 9.17) is 4.74 Å². The van der Waals surface area contributed by atoms with Gasteiger partial charge >= 0.3 is 0 Å². The minimum atomic E-state index is -0.224. The van der Waals surface area contributed by atoms with Gasteiger partial charge in [0.25, 0.3) is 0 Å². The van der Waals surface area contributed by atoms with Gasteiger partial charge in [0.05, 0.1) is 11.8 Å². The smallest absolute Gasteiger partial charge is 0.196 e. The van der Waals surface area contributed by atoms with Gasteiger partial charge in [0.1, 0.15) is 11.5 Å². The molecule has 0 heterocycles. The molecular weight excluding hydrogens is 228 g/mol. The van der Waals surface area contributed by atoms with Crippen molar-refractivity contribution in [3.8, 4) is 11.5 Å². The second-order valence-corrected chi connectivity index (χ2v) is 3.66. The first kappa shape index (κ1) is 11.9. The van der Waals surface area contributed by atoms with E-state index in [-0.39, 0.29) is 17.1 Å². The molecule has 0 fully saturated rings. The van der Waals surface area contributed by atoms with Gasteiger partial charge in [-0.1, -0.05) is 36.9 Å². The number of phenolic OH excluding ortho intramolecular Hbond substituents is 1. The number of hydrogen-bond donors (Lipinski definition) is 1. The van der Waals surface area contributed by atoms with Crippen LogP contribution in [0.5, 0.6) is 11.5 Å². The van der Waals surface area contributed by atoms with E-state index >= 15 is 0 Å². The maximum Gasteiger partial charge on any atom is 0.196 e. The Morgan fingerprint density at radius 3 is 2.50 bits per heavy atom. The highest BCUT2D eigenvalue weighted by molar-refractivity contribution is 6.10. The molecule has 0 aliphatic rings. The summed E-state index contributed by atoms with van der Waals surface area (Å²) in [5.74, 6) is 0.105. The Morgan fingerprint density at radius 2 is 1.89 bits per heavy atom. The summed E-state index contributed by atoms with van der Waals surface area (Å²) in [6.07, 6.45) is 1.26. The monoisotopic (exact) mass is 240 g/mol. The van der Waals surface area contributed by atoms with E-state index in [1.807, 2.05) is 6.07 Å². The first-order valence-corrected chi connectivity index (χ1v) is 5.42. The molecule has 18 heavy (non-hydrogen) atoms. The molecule has 0 unspecified atom stereocenters. The SMILES string of the molecule is C=COc1ccc(C(=O)c2ccccc2)c(O)c1. The minimum absolute atomic E-state index is 0.108. The first-order chi connectivity index (χ1) is 8.72. The van der Waals surface area contributed by atoms with Crippen molar-refractivity contribution in [3.63, 3.8) is 0 Å². The molecule has 0 aliphatic carbocycles. The standard InChI is InChI=1S/C15H12O3/c1-2-18-12-8-9-13(14(16)10-12)15(17)11-6-4-3-5-7-11/h2-10,16H,1H2. The topological polar surface area (TPSA) is 46.5 Å². The van der Waals surface area contributed by atoms with Crippen LogP contribution in [0.4, 0.5) is 0 Å². The molecule has 2 aromatic carbocycles. The van der Waals surface area contributed by atoms with Crippen LogP contribution in [0.1, 0.15) is 15.9 Å². The zero-order valence-corrected chi connectivity index (χ0v) is 9.67. The number of rotatable bonds is 4. The summed E-state index contributed by atoms with van der Waals surface area (Å²) < 4.78 is 5.02. The van der Waals surface area contributed by atoms with Gasteiger partial charge in [-0.2, -0.15) is 0 Å². The van der Waals surface area contributed by atoms with E-state index in [1.54, 1.807) is 30.3 Å². The molecule has 0 aromatic heterocycles. The Bertz CT molecular complexity index is 574. The van der Waals surface area contributed by atoms with Crippen molar-refractivity contribution in [1.29, 1.82) is 0 Å². The Hall–Kier alpha value is -2.55.